The third-order valence-electron chi connectivity index (χ3n) is 1.72. The summed E-state index contributed by atoms with van der Waals surface area (Å²) < 4.78 is 9.50. The highest BCUT2D eigenvalue weighted by Gasteiger charge is 2.08. The van der Waals surface area contributed by atoms with Crippen LogP contribution in [0.15, 0.2) is 0 Å². The van der Waals surface area contributed by atoms with Gasteiger partial charge in [0.1, 0.15) is 13.2 Å². The molecule has 0 saturated heterocycles. The lowest BCUT2D eigenvalue weighted by atomic mass is 10.4. The van der Waals surface area contributed by atoms with E-state index < -0.39 is 12.6 Å². The molecule has 0 radical (unpaired) electrons. The van der Waals surface area contributed by atoms with Crippen LogP contribution in [0.5, 0.6) is 0 Å². The topological polar surface area (TPSA) is 76.1 Å². The van der Waals surface area contributed by atoms with Crippen LogP contribution >= 0.6 is 0 Å². The van der Waals surface area contributed by atoms with Gasteiger partial charge in [0.05, 0.1) is 0 Å². The predicted molar refractivity (Wildman–Crippen MR) is 52.6 cm³/mol. The summed E-state index contributed by atoms with van der Waals surface area (Å²) in [6.45, 7) is 0.518. The molecule has 88 valence electrons. The minimum atomic E-state index is -1.08. The summed E-state index contributed by atoms with van der Waals surface area (Å²) in [6.07, 6.45) is 0.748. The van der Waals surface area contributed by atoms with E-state index >= 15 is 0 Å². The number of carboxylic acids is 1. The zero-order valence-corrected chi connectivity index (χ0v) is 9.06. The van der Waals surface area contributed by atoms with Crippen molar-refractivity contribution in [2.75, 3.05) is 40.5 Å². The van der Waals surface area contributed by atoms with Crippen molar-refractivity contribution in [3.8, 4) is 0 Å². The van der Waals surface area contributed by atoms with Crippen LogP contribution in [0, 0.1) is 0 Å². The Labute approximate surface area is 88.8 Å². The summed E-state index contributed by atoms with van der Waals surface area (Å²) in [5, 5.41) is 8.27. The van der Waals surface area contributed by atoms with E-state index in [1.54, 1.807) is 14.2 Å². The van der Waals surface area contributed by atoms with Crippen LogP contribution in [0.25, 0.3) is 0 Å². The van der Waals surface area contributed by atoms with Gasteiger partial charge in [0.25, 0.3) is 0 Å². The molecule has 0 aliphatic heterocycles. The van der Waals surface area contributed by atoms with Gasteiger partial charge < -0.3 is 19.5 Å². The number of likely N-dealkylation sites (N-methyl/N-ethyl adjacent to an activating group) is 1. The molecule has 1 amide bonds. The first-order valence-electron chi connectivity index (χ1n) is 4.60. The summed E-state index contributed by atoms with van der Waals surface area (Å²) in [5.74, 6) is -1.31. The molecular formula is C9H17NO5. The zero-order valence-electron chi connectivity index (χ0n) is 9.06. The Bertz CT molecular complexity index is 207. The maximum atomic E-state index is 11.3. The van der Waals surface area contributed by atoms with Gasteiger partial charge in [0, 0.05) is 27.3 Å². The van der Waals surface area contributed by atoms with Crippen LogP contribution in [0.2, 0.25) is 0 Å². The van der Waals surface area contributed by atoms with Crippen LogP contribution in [0.1, 0.15) is 6.42 Å². The smallest absolute Gasteiger partial charge is 0.329 e. The van der Waals surface area contributed by atoms with Gasteiger partial charge in [-0.15, -0.1) is 0 Å². The first kappa shape index (κ1) is 13.9. The van der Waals surface area contributed by atoms with Gasteiger partial charge >= 0.3 is 5.97 Å². The fraction of sp³-hybridized carbons (Fsp3) is 0.778. The highest BCUT2D eigenvalue weighted by Crippen LogP contribution is 1.90. The van der Waals surface area contributed by atoms with E-state index in [0.29, 0.717) is 13.2 Å². The molecule has 0 bridgehead atoms. The summed E-state index contributed by atoms with van der Waals surface area (Å²) in [7, 11) is 3.24. The second kappa shape index (κ2) is 8.19. The standard InChI is InChI=1S/C9H17NO5/c1-10(4-3-5-14-2)8(11)6-15-7-9(12)13/h3-7H2,1-2H3,(H,12,13). The van der Waals surface area contributed by atoms with E-state index in [0.717, 1.165) is 6.42 Å². The van der Waals surface area contributed by atoms with Gasteiger partial charge in [-0.2, -0.15) is 0 Å². The van der Waals surface area contributed by atoms with Crippen LogP contribution in [-0.2, 0) is 19.1 Å². The first-order chi connectivity index (χ1) is 7.07. The molecule has 0 rings (SSSR count). The zero-order chi connectivity index (χ0) is 11.7. The number of amides is 1. The summed E-state index contributed by atoms with van der Waals surface area (Å²) in [5.41, 5.74) is 0. The third kappa shape index (κ3) is 7.90. The molecule has 0 atom stereocenters. The first-order valence-corrected chi connectivity index (χ1v) is 4.60. The van der Waals surface area contributed by atoms with E-state index in [1.807, 2.05) is 0 Å². The number of hydrogen-bond acceptors (Lipinski definition) is 4. The predicted octanol–water partition coefficient (Wildman–Crippen LogP) is -0.417. The van der Waals surface area contributed by atoms with E-state index in [1.165, 1.54) is 4.90 Å². The lowest BCUT2D eigenvalue weighted by molar-refractivity contribution is -0.145. The number of aliphatic carboxylic acids is 1. The average Bonchev–Trinajstić information content (AvgIpc) is 2.17. The van der Waals surface area contributed by atoms with Crippen LogP contribution in [-0.4, -0.2) is 62.4 Å². The van der Waals surface area contributed by atoms with Gasteiger partial charge in [0.2, 0.25) is 5.91 Å². The van der Waals surface area contributed by atoms with Crippen molar-refractivity contribution in [2.45, 2.75) is 6.42 Å². The maximum Gasteiger partial charge on any atom is 0.329 e. The van der Waals surface area contributed by atoms with Gasteiger partial charge in [0.15, 0.2) is 0 Å². The highest BCUT2D eigenvalue weighted by molar-refractivity contribution is 5.77. The molecule has 0 saturated carbocycles. The third-order valence-corrected chi connectivity index (χ3v) is 1.72. The molecule has 15 heavy (non-hydrogen) atoms. The van der Waals surface area contributed by atoms with E-state index in [2.05, 4.69) is 4.74 Å². The van der Waals surface area contributed by atoms with Crippen molar-refractivity contribution < 1.29 is 24.2 Å². The average molecular weight is 219 g/mol. The highest BCUT2D eigenvalue weighted by atomic mass is 16.5. The fourth-order valence-corrected chi connectivity index (χ4v) is 0.907. The molecule has 0 aliphatic carbocycles. The Morgan fingerprint density at radius 3 is 2.53 bits per heavy atom. The monoisotopic (exact) mass is 219 g/mol. The summed E-state index contributed by atoms with van der Waals surface area (Å²) >= 11 is 0. The Morgan fingerprint density at radius 1 is 1.33 bits per heavy atom. The number of hydrogen-bond donors (Lipinski definition) is 1. The summed E-state index contributed by atoms with van der Waals surface area (Å²) in [4.78, 5) is 22.9. The fourth-order valence-electron chi connectivity index (χ4n) is 0.907. The van der Waals surface area contributed by atoms with Crippen molar-refractivity contribution in [1.29, 1.82) is 0 Å². The molecule has 0 spiro atoms. The number of nitrogens with zero attached hydrogens (tertiary/aromatic N) is 1. The number of ether oxygens (including phenoxy) is 2. The molecule has 1 N–H and O–H groups in total. The second-order valence-corrected chi connectivity index (χ2v) is 3.05. The molecule has 0 unspecified atom stereocenters. The Balaban J connectivity index is 3.55. The lowest BCUT2D eigenvalue weighted by Gasteiger charge is -2.16. The molecule has 0 fully saturated rings. The molecule has 6 nitrogen and oxygen atoms in total. The Kier molecular flexibility index (Phi) is 7.57. The Morgan fingerprint density at radius 2 is 2.00 bits per heavy atom. The maximum absolute atomic E-state index is 11.3. The number of carboxylic acid groups (broad SMARTS) is 1. The normalized spacial score (nSPS) is 10.0. The van der Waals surface area contributed by atoms with E-state index in [9.17, 15) is 9.59 Å². The number of carbonyl (C=O) groups is 2. The SMILES string of the molecule is COCCCN(C)C(=O)COCC(=O)O. The second-order valence-electron chi connectivity index (χ2n) is 3.05. The largest absolute Gasteiger partial charge is 0.480 e. The van der Waals surface area contributed by atoms with Crippen LogP contribution < -0.4 is 0 Å². The van der Waals surface area contributed by atoms with Gasteiger partial charge in [-0.05, 0) is 6.42 Å². The molecule has 0 aliphatic rings. The number of rotatable bonds is 8. The molecule has 0 aromatic carbocycles. The van der Waals surface area contributed by atoms with E-state index in [-0.39, 0.29) is 12.5 Å². The summed E-state index contributed by atoms with van der Waals surface area (Å²) in [6, 6.07) is 0. The van der Waals surface area contributed by atoms with Crippen LogP contribution in [0.3, 0.4) is 0 Å². The van der Waals surface area contributed by atoms with Gasteiger partial charge in [-0.3, -0.25) is 4.79 Å². The van der Waals surface area contributed by atoms with Crippen molar-refractivity contribution in [3.05, 3.63) is 0 Å². The molecule has 0 aromatic heterocycles. The van der Waals surface area contributed by atoms with Crippen molar-refractivity contribution >= 4 is 11.9 Å². The molecule has 0 heterocycles. The minimum Gasteiger partial charge on any atom is -0.480 e. The quantitative estimate of drug-likeness (QED) is 0.561. The van der Waals surface area contributed by atoms with Gasteiger partial charge in [-0.25, -0.2) is 4.79 Å². The van der Waals surface area contributed by atoms with Crippen molar-refractivity contribution in [3.63, 3.8) is 0 Å². The van der Waals surface area contributed by atoms with Crippen LogP contribution in [0.4, 0.5) is 0 Å². The molecule has 6 heteroatoms. The lowest BCUT2D eigenvalue weighted by Crippen LogP contribution is -2.32. The molecule has 0 aromatic rings. The Hall–Kier alpha value is -1.14. The number of methoxy groups -OCH3 is 1. The van der Waals surface area contributed by atoms with Crippen molar-refractivity contribution in [1.82, 2.24) is 4.90 Å². The molecular weight excluding hydrogens is 202 g/mol. The number of carbonyl (C=O) groups excluding carboxylic acids is 1. The van der Waals surface area contributed by atoms with E-state index in [4.69, 9.17) is 9.84 Å². The van der Waals surface area contributed by atoms with Gasteiger partial charge in [-0.1, -0.05) is 0 Å². The minimum absolute atomic E-state index is 0.199. The van der Waals surface area contributed by atoms with Crippen molar-refractivity contribution in [2.24, 2.45) is 0 Å².